The van der Waals surface area contributed by atoms with Crippen LogP contribution in [0.1, 0.15) is 38.7 Å². The normalized spacial score (nSPS) is 34.4. The molecule has 0 spiro atoms. The van der Waals surface area contributed by atoms with Crippen LogP contribution in [-0.4, -0.2) is 19.1 Å². The van der Waals surface area contributed by atoms with Gasteiger partial charge in [-0.15, -0.1) is 0 Å². The van der Waals surface area contributed by atoms with Crippen LogP contribution in [0.2, 0.25) is 0 Å². The zero-order valence-electron chi connectivity index (χ0n) is 12.2. The average Bonchev–Trinajstić information content (AvgIpc) is 2.69. The van der Waals surface area contributed by atoms with Crippen LogP contribution in [0.3, 0.4) is 0 Å². The molecule has 0 bridgehead atoms. The second kappa shape index (κ2) is 4.82. The minimum Gasteiger partial charge on any atom is -0.370 e. The van der Waals surface area contributed by atoms with E-state index in [1.54, 1.807) is 0 Å². The number of rotatable bonds is 2. The van der Waals surface area contributed by atoms with Crippen molar-refractivity contribution in [2.75, 3.05) is 18.0 Å². The van der Waals surface area contributed by atoms with E-state index in [9.17, 15) is 0 Å². The van der Waals surface area contributed by atoms with Gasteiger partial charge in [-0.2, -0.15) is 0 Å². The molecule has 1 aliphatic carbocycles. The third-order valence-electron chi connectivity index (χ3n) is 5.14. The fraction of sp³-hybridized carbons (Fsp3) is 0.647. The molecule has 19 heavy (non-hydrogen) atoms. The van der Waals surface area contributed by atoms with Crippen LogP contribution in [0.5, 0.6) is 0 Å². The molecule has 1 aromatic carbocycles. The molecule has 2 aliphatic rings. The molecule has 2 nitrogen and oxygen atoms in total. The van der Waals surface area contributed by atoms with Crippen molar-refractivity contribution >= 4 is 5.69 Å². The van der Waals surface area contributed by atoms with Gasteiger partial charge in [-0.3, -0.25) is 0 Å². The predicted octanol–water partition coefficient (Wildman–Crippen LogP) is 3.20. The van der Waals surface area contributed by atoms with E-state index >= 15 is 0 Å². The van der Waals surface area contributed by atoms with Crippen molar-refractivity contribution in [2.24, 2.45) is 17.1 Å². The van der Waals surface area contributed by atoms with Crippen LogP contribution in [0.25, 0.3) is 0 Å². The van der Waals surface area contributed by atoms with Crippen LogP contribution >= 0.6 is 0 Å². The Balaban J connectivity index is 1.85. The number of para-hydroxylation sites is 1. The average molecular weight is 258 g/mol. The molecule has 1 fully saturated rings. The number of nitrogens with zero attached hydrogens (tertiary/aromatic N) is 1. The molecule has 2 N–H and O–H groups in total. The van der Waals surface area contributed by atoms with E-state index in [0.717, 1.165) is 12.5 Å². The van der Waals surface area contributed by atoms with Gasteiger partial charge in [0.2, 0.25) is 0 Å². The maximum atomic E-state index is 6.36. The van der Waals surface area contributed by atoms with Crippen molar-refractivity contribution in [2.45, 2.75) is 45.6 Å². The van der Waals surface area contributed by atoms with E-state index in [1.807, 2.05) is 0 Å². The highest BCUT2D eigenvalue weighted by Crippen LogP contribution is 2.40. The van der Waals surface area contributed by atoms with Crippen molar-refractivity contribution in [3.63, 3.8) is 0 Å². The van der Waals surface area contributed by atoms with Gasteiger partial charge < -0.3 is 10.6 Å². The monoisotopic (exact) mass is 258 g/mol. The molecule has 3 unspecified atom stereocenters. The quantitative estimate of drug-likeness (QED) is 0.882. The summed E-state index contributed by atoms with van der Waals surface area (Å²) in [5.41, 5.74) is 9.61. The highest BCUT2D eigenvalue weighted by molar-refractivity contribution is 5.56. The van der Waals surface area contributed by atoms with Gasteiger partial charge in [0, 0.05) is 30.2 Å². The molecule has 104 valence electrons. The first-order valence-corrected chi connectivity index (χ1v) is 7.67. The fourth-order valence-electron chi connectivity index (χ4n) is 3.95. The smallest absolute Gasteiger partial charge is 0.0399 e. The lowest BCUT2D eigenvalue weighted by atomic mass is 9.83. The van der Waals surface area contributed by atoms with Gasteiger partial charge in [0.25, 0.3) is 0 Å². The van der Waals surface area contributed by atoms with E-state index in [-0.39, 0.29) is 0 Å². The summed E-state index contributed by atoms with van der Waals surface area (Å²) >= 11 is 0. The summed E-state index contributed by atoms with van der Waals surface area (Å²) in [5, 5.41) is 0. The van der Waals surface area contributed by atoms with Crippen molar-refractivity contribution < 1.29 is 0 Å². The van der Waals surface area contributed by atoms with Gasteiger partial charge in [0.1, 0.15) is 0 Å². The molecule has 1 aliphatic heterocycles. The topological polar surface area (TPSA) is 29.3 Å². The van der Waals surface area contributed by atoms with E-state index in [4.69, 9.17) is 5.73 Å². The van der Waals surface area contributed by atoms with Crippen LogP contribution in [0.15, 0.2) is 24.3 Å². The summed E-state index contributed by atoms with van der Waals surface area (Å²) in [6.45, 7) is 7.04. The SMILES string of the molecule is CC1Cc2ccccc2N(CC2(C)CCCC2N)C1. The summed E-state index contributed by atoms with van der Waals surface area (Å²) in [4.78, 5) is 2.59. The highest BCUT2D eigenvalue weighted by atomic mass is 15.2. The molecular weight excluding hydrogens is 232 g/mol. The number of fused-ring (bicyclic) bond motifs is 1. The van der Waals surface area contributed by atoms with Crippen LogP contribution in [0.4, 0.5) is 5.69 Å². The second-order valence-electron chi connectivity index (χ2n) is 6.97. The van der Waals surface area contributed by atoms with E-state index in [0.29, 0.717) is 11.5 Å². The van der Waals surface area contributed by atoms with Crippen molar-refractivity contribution in [3.8, 4) is 0 Å². The highest BCUT2D eigenvalue weighted by Gasteiger charge is 2.38. The van der Waals surface area contributed by atoms with Gasteiger partial charge >= 0.3 is 0 Å². The number of hydrogen-bond donors (Lipinski definition) is 1. The van der Waals surface area contributed by atoms with E-state index < -0.39 is 0 Å². The molecule has 0 amide bonds. The third kappa shape index (κ3) is 2.38. The van der Waals surface area contributed by atoms with Gasteiger partial charge in [0.05, 0.1) is 0 Å². The second-order valence-corrected chi connectivity index (χ2v) is 6.97. The van der Waals surface area contributed by atoms with Gasteiger partial charge in [0.15, 0.2) is 0 Å². The maximum Gasteiger partial charge on any atom is 0.0399 e. The summed E-state index contributed by atoms with van der Waals surface area (Å²) < 4.78 is 0. The first-order chi connectivity index (χ1) is 9.08. The molecule has 3 atom stereocenters. The minimum absolute atomic E-state index is 0.296. The standard InChI is InChI=1S/C17H26N2/c1-13-10-14-6-3-4-7-15(14)19(11-13)12-17(2)9-5-8-16(17)18/h3-4,6-7,13,16H,5,8-12,18H2,1-2H3. The molecule has 0 radical (unpaired) electrons. The number of anilines is 1. The zero-order valence-corrected chi connectivity index (χ0v) is 12.2. The van der Waals surface area contributed by atoms with Crippen molar-refractivity contribution in [1.82, 2.24) is 0 Å². The molecule has 1 saturated carbocycles. The first-order valence-electron chi connectivity index (χ1n) is 7.67. The molecule has 0 aromatic heterocycles. The Morgan fingerprint density at radius 1 is 1.37 bits per heavy atom. The molecule has 3 rings (SSSR count). The van der Waals surface area contributed by atoms with Crippen molar-refractivity contribution in [1.29, 1.82) is 0 Å². The molecule has 1 heterocycles. The summed E-state index contributed by atoms with van der Waals surface area (Å²) in [6, 6.07) is 9.27. The Kier molecular flexibility index (Phi) is 3.30. The van der Waals surface area contributed by atoms with E-state index in [1.165, 1.54) is 43.5 Å². The Bertz CT molecular complexity index is 456. The fourth-order valence-corrected chi connectivity index (χ4v) is 3.95. The molecule has 1 aromatic rings. The van der Waals surface area contributed by atoms with Gasteiger partial charge in [-0.1, -0.05) is 38.5 Å². The van der Waals surface area contributed by atoms with Gasteiger partial charge in [-0.25, -0.2) is 0 Å². The Labute approximate surface area is 117 Å². The Hall–Kier alpha value is -1.02. The van der Waals surface area contributed by atoms with Gasteiger partial charge in [-0.05, 0) is 36.8 Å². The number of nitrogens with two attached hydrogens (primary N) is 1. The lowest BCUT2D eigenvalue weighted by molar-refractivity contribution is 0.289. The Morgan fingerprint density at radius 3 is 2.89 bits per heavy atom. The van der Waals surface area contributed by atoms with Crippen molar-refractivity contribution in [3.05, 3.63) is 29.8 Å². The van der Waals surface area contributed by atoms with Crippen LogP contribution in [-0.2, 0) is 6.42 Å². The lowest BCUT2D eigenvalue weighted by Crippen LogP contribution is -2.47. The number of hydrogen-bond acceptors (Lipinski definition) is 2. The molecular formula is C17H26N2. The van der Waals surface area contributed by atoms with E-state index in [2.05, 4.69) is 43.0 Å². The lowest BCUT2D eigenvalue weighted by Gasteiger charge is -2.41. The summed E-state index contributed by atoms with van der Waals surface area (Å²) in [7, 11) is 0. The number of benzene rings is 1. The Morgan fingerprint density at radius 2 is 2.16 bits per heavy atom. The summed E-state index contributed by atoms with van der Waals surface area (Å²) in [5.74, 6) is 0.746. The van der Waals surface area contributed by atoms with Crippen LogP contribution in [0, 0.1) is 11.3 Å². The predicted molar refractivity (Wildman–Crippen MR) is 81.5 cm³/mol. The largest absolute Gasteiger partial charge is 0.370 e. The maximum absolute atomic E-state index is 6.36. The van der Waals surface area contributed by atoms with Crippen LogP contribution < -0.4 is 10.6 Å². The molecule has 2 heteroatoms. The summed E-state index contributed by atoms with van der Waals surface area (Å²) in [6.07, 6.45) is 4.99. The first kappa shape index (κ1) is 13.0. The minimum atomic E-state index is 0.296. The third-order valence-corrected chi connectivity index (χ3v) is 5.14. The zero-order chi connectivity index (χ0) is 13.5. The molecule has 0 saturated heterocycles.